The molecule has 0 saturated heterocycles. The Labute approximate surface area is 150 Å². The maximum atomic E-state index is 12.9. The first kappa shape index (κ1) is 16.7. The summed E-state index contributed by atoms with van der Waals surface area (Å²) in [5, 5.41) is 1.00. The summed E-state index contributed by atoms with van der Waals surface area (Å²) in [5.74, 6) is 0.100. The summed E-state index contributed by atoms with van der Waals surface area (Å²) in [6.07, 6.45) is 0.900. The lowest BCUT2D eigenvalue weighted by Gasteiger charge is -2.26. The first-order valence-corrected chi connectivity index (χ1v) is 9.13. The summed E-state index contributed by atoms with van der Waals surface area (Å²) in [6.45, 7) is 4.00. The van der Waals surface area contributed by atoms with E-state index in [4.69, 9.17) is 23.2 Å². The third-order valence-corrected chi connectivity index (χ3v) is 5.81. The highest BCUT2D eigenvalue weighted by Gasteiger charge is 2.33. The Hall–Kier alpha value is -1.16. The van der Waals surface area contributed by atoms with E-state index in [0.29, 0.717) is 10.0 Å². The summed E-state index contributed by atoms with van der Waals surface area (Å²) < 4.78 is 0. The van der Waals surface area contributed by atoms with Crippen molar-refractivity contribution in [3.63, 3.8) is 0 Å². The molecule has 0 spiro atoms. The number of fused-ring (bicyclic) bond motifs is 1. The lowest BCUT2D eigenvalue weighted by atomic mass is 10.1. The summed E-state index contributed by atoms with van der Waals surface area (Å²) in [7, 11) is 0. The number of benzene rings is 2. The minimum Gasteiger partial charge on any atom is -0.308 e. The highest BCUT2D eigenvalue weighted by molar-refractivity contribution is 8.00. The molecule has 23 heavy (non-hydrogen) atoms. The fourth-order valence-electron chi connectivity index (χ4n) is 2.91. The van der Waals surface area contributed by atoms with Gasteiger partial charge in [-0.1, -0.05) is 41.4 Å². The van der Waals surface area contributed by atoms with Gasteiger partial charge in [-0.15, -0.1) is 11.8 Å². The maximum Gasteiger partial charge on any atom is 0.240 e. The van der Waals surface area contributed by atoms with Crippen LogP contribution in [0.2, 0.25) is 10.0 Å². The number of hydrogen-bond donors (Lipinski definition) is 0. The quantitative estimate of drug-likeness (QED) is 0.673. The van der Waals surface area contributed by atoms with Gasteiger partial charge >= 0.3 is 0 Å². The average Bonchev–Trinajstić information content (AvgIpc) is 2.86. The number of amides is 1. The van der Waals surface area contributed by atoms with Gasteiger partial charge in [0.05, 0.1) is 10.3 Å². The van der Waals surface area contributed by atoms with Crippen LogP contribution in [0.3, 0.4) is 0 Å². The second-order valence-electron chi connectivity index (χ2n) is 5.72. The van der Waals surface area contributed by atoms with E-state index < -0.39 is 0 Å². The van der Waals surface area contributed by atoms with Crippen molar-refractivity contribution in [3.8, 4) is 0 Å². The Bertz CT molecular complexity index is 750. The van der Waals surface area contributed by atoms with Gasteiger partial charge in [-0.05, 0) is 50.1 Å². The minimum atomic E-state index is -0.237. The highest BCUT2D eigenvalue weighted by atomic mass is 35.5. The Morgan fingerprint density at radius 1 is 1.26 bits per heavy atom. The van der Waals surface area contributed by atoms with Crippen LogP contribution in [0.15, 0.2) is 47.4 Å². The summed E-state index contributed by atoms with van der Waals surface area (Å²) in [6, 6.07) is 13.6. The highest BCUT2D eigenvalue weighted by Crippen LogP contribution is 2.37. The number of hydrogen-bond acceptors (Lipinski definition) is 2. The molecule has 2 nitrogen and oxygen atoms in total. The molecule has 2 aromatic rings. The molecule has 0 radical (unpaired) electrons. The molecule has 3 rings (SSSR count). The molecule has 2 atom stereocenters. The van der Waals surface area contributed by atoms with E-state index in [2.05, 4.69) is 13.0 Å². The zero-order valence-electron chi connectivity index (χ0n) is 12.9. The molecule has 0 N–H and O–H groups in total. The number of para-hydroxylation sites is 1. The van der Waals surface area contributed by atoms with Gasteiger partial charge in [-0.3, -0.25) is 4.79 Å². The SMILES string of the molecule is C[C@H](Sc1cc(Cl)ccc1Cl)C(=O)N1c2ccccc2C[C@@H]1C. The van der Waals surface area contributed by atoms with Gasteiger partial charge in [0.2, 0.25) is 5.91 Å². The predicted molar refractivity (Wildman–Crippen MR) is 98.9 cm³/mol. The molecule has 1 amide bonds. The second kappa shape index (κ2) is 6.76. The van der Waals surface area contributed by atoms with Gasteiger partial charge in [0.25, 0.3) is 0 Å². The normalized spacial score (nSPS) is 17.9. The first-order valence-electron chi connectivity index (χ1n) is 7.50. The zero-order valence-corrected chi connectivity index (χ0v) is 15.3. The van der Waals surface area contributed by atoms with Crippen LogP contribution in [0.25, 0.3) is 0 Å². The molecule has 2 aromatic carbocycles. The van der Waals surface area contributed by atoms with Crippen molar-refractivity contribution in [3.05, 3.63) is 58.1 Å². The lowest BCUT2D eigenvalue weighted by molar-refractivity contribution is -0.118. The Balaban J connectivity index is 1.81. The van der Waals surface area contributed by atoms with E-state index in [1.807, 2.05) is 30.0 Å². The Morgan fingerprint density at radius 2 is 2.00 bits per heavy atom. The number of carbonyl (C=O) groups excluding carboxylic acids is 1. The fraction of sp³-hybridized carbons (Fsp3) is 0.278. The van der Waals surface area contributed by atoms with E-state index in [-0.39, 0.29) is 17.2 Å². The third kappa shape index (κ3) is 3.37. The van der Waals surface area contributed by atoms with Crippen molar-refractivity contribution in [1.82, 2.24) is 0 Å². The lowest BCUT2D eigenvalue weighted by Crippen LogP contribution is -2.40. The number of rotatable bonds is 3. The van der Waals surface area contributed by atoms with Gasteiger partial charge in [0.1, 0.15) is 0 Å². The fourth-order valence-corrected chi connectivity index (χ4v) is 4.36. The Kier molecular flexibility index (Phi) is 4.90. The van der Waals surface area contributed by atoms with Crippen molar-refractivity contribution < 1.29 is 4.79 Å². The van der Waals surface area contributed by atoms with Crippen molar-refractivity contribution in [2.45, 2.75) is 36.5 Å². The first-order chi connectivity index (χ1) is 11.0. The molecule has 0 saturated carbocycles. The van der Waals surface area contributed by atoms with Gasteiger partial charge in [0, 0.05) is 21.6 Å². The third-order valence-electron chi connectivity index (χ3n) is 3.99. The van der Waals surface area contributed by atoms with Crippen LogP contribution >= 0.6 is 35.0 Å². The average molecular weight is 366 g/mol. The largest absolute Gasteiger partial charge is 0.308 e. The van der Waals surface area contributed by atoms with Gasteiger partial charge in [-0.25, -0.2) is 0 Å². The minimum absolute atomic E-state index is 0.100. The van der Waals surface area contributed by atoms with Gasteiger partial charge < -0.3 is 4.90 Å². The summed E-state index contributed by atoms with van der Waals surface area (Å²) >= 11 is 13.7. The van der Waals surface area contributed by atoms with E-state index in [1.54, 1.807) is 18.2 Å². The molecule has 0 aromatic heterocycles. The molecule has 0 aliphatic carbocycles. The monoisotopic (exact) mass is 365 g/mol. The second-order valence-corrected chi connectivity index (χ2v) is 7.95. The predicted octanol–water partition coefficient (Wildman–Crippen LogP) is 5.45. The number of halogens is 2. The van der Waals surface area contributed by atoms with Crippen LogP contribution < -0.4 is 4.90 Å². The number of thioether (sulfide) groups is 1. The van der Waals surface area contributed by atoms with E-state index >= 15 is 0 Å². The van der Waals surface area contributed by atoms with E-state index in [9.17, 15) is 4.79 Å². The van der Waals surface area contributed by atoms with E-state index in [0.717, 1.165) is 17.0 Å². The van der Waals surface area contributed by atoms with Gasteiger partial charge in [-0.2, -0.15) is 0 Å². The number of nitrogens with zero attached hydrogens (tertiary/aromatic N) is 1. The van der Waals surface area contributed by atoms with Crippen molar-refractivity contribution >= 4 is 46.6 Å². The van der Waals surface area contributed by atoms with Gasteiger partial charge in [0.15, 0.2) is 0 Å². The summed E-state index contributed by atoms with van der Waals surface area (Å²) in [5.41, 5.74) is 2.25. The van der Waals surface area contributed by atoms with E-state index in [1.165, 1.54) is 17.3 Å². The van der Waals surface area contributed by atoms with Crippen LogP contribution in [0, 0.1) is 0 Å². The zero-order chi connectivity index (χ0) is 16.6. The molecular formula is C18H17Cl2NOS. The Morgan fingerprint density at radius 3 is 2.78 bits per heavy atom. The molecule has 120 valence electrons. The molecule has 1 aliphatic rings. The van der Waals surface area contributed by atoms with Crippen LogP contribution in [0.4, 0.5) is 5.69 Å². The molecule has 5 heteroatoms. The standard InChI is InChI=1S/C18H17Cl2NOS/c1-11-9-13-5-3-4-6-16(13)21(11)18(22)12(2)23-17-10-14(19)7-8-15(17)20/h3-8,10-12H,9H2,1-2H3/t11-,12-/m0/s1. The molecule has 1 heterocycles. The molecule has 0 bridgehead atoms. The van der Waals surface area contributed by atoms with Crippen LogP contribution in [0.5, 0.6) is 0 Å². The molecule has 1 aliphatic heterocycles. The molecular weight excluding hydrogens is 349 g/mol. The maximum absolute atomic E-state index is 12.9. The molecule has 0 fully saturated rings. The van der Waals surface area contributed by atoms with Crippen molar-refractivity contribution in [2.75, 3.05) is 4.90 Å². The van der Waals surface area contributed by atoms with Crippen molar-refractivity contribution in [2.24, 2.45) is 0 Å². The number of anilines is 1. The molecule has 0 unspecified atom stereocenters. The topological polar surface area (TPSA) is 20.3 Å². The smallest absolute Gasteiger partial charge is 0.240 e. The number of carbonyl (C=O) groups is 1. The van der Waals surface area contributed by atoms with Crippen LogP contribution in [-0.2, 0) is 11.2 Å². The summed E-state index contributed by atoms with van der Waals surface area (Å²) in [4.78, 5) is 15.7. The van der Waals surface area contributed by atoms with Crippen molar-refractivity contribution in [1.29, 1.82) is 0 Å². The van der Waals surface area contributed by atoms with Crippen LogP contribution in [0.1, 0.15) is 19.4 Å². The van der Waals surface area contributed by atoms with Crippen LogP contribution in [-0.4, -0.2) is 17.2 Å².